The molecule has 1 aliphatic heterocycles. The van der Waals surface area contributed by atoms with Crippen molar-refractivity contribution in [2.45, 2.75) is 19.3 Å². The van der Waals surface area contributed by atoms with E-state index in [0.29, 0.717) is 11.5 Å². The van der Waals surface area contributed by atoms with E-state index < -0.39 is 23.2 Å². The number of hydroxylamine groups is 2. The van der Waals surface area contributed by atoms with Crippen LogP contribution in [-0.2, 0) is 9.63 Å². The maximum Gasteiger partial charge on any atom is 0.339 e. The van der Waals surface area contributed by atoms with Gasteiger partial charge in [0.25, 0.3) is 11.8 Å². The molecule has 4 rings (SSSR count). The number of amides is 2. The summed E-state index contributed by atoms with van der Waals surface area (Å²) in [4.78, 5) is 42.3. The van der Waals surface area contributed by atoms with Crippen LogP contribution < -0.4 is 0 Å². The van der Waals surface area contributed by atoms with Gasteiger partial charge in [-0.1, -0.05) is 47.5 Å². The van der Waals surface area contributed by atoms with Gasteiger partial charge in [-0.15, -0.1) is 0 Å². The Morgan fingerprint density at radius 1 is 1.00 bits per heavy atom. The lowest BCUT2D eigenvalue weighted by molar-refractivity contribution is -0.175. The second-order valence-corrected chi connectivity index (χ2v) is 6.41. The van der Waals surface area contributed by atoms with Gasteiger partial charge in [0.2, 0.25) is 0 Å². The van der Waals surface area contributed by atoms with Crippen LogP contribution in [0.25, 0.3) is 0 Å². The third kappa shape index (κ3) is 2.05. The number of fused-ring (bicyclic) bond motifs is 1. The minimum absolute atomic E-state index is 0.0429. The highest BCUT2D eigenvalue weighted by Gasteiger charge is 2.59. The number of rotatable bonds is 3. The van der Waals surface area contributed by atoms with Crippen LogP contribution in [0.4, 0.5) is 0 Å². The minimum Gasteiger partial charge on any atom is -0.329 e. The molecule has 0 N–H and O–H groups in total. The van der Waals surface area contributed by atoms with Crippen molar-refractivity contribution in [3.05, 3.63) is 71.3 Å². The topological polar surface area (TPSA) is 63.7 Å². The van der Waals surface area contributed by atoms with Crippen molar-refractivity contribution in [1.29, 1.82) is 0 Å². The van der Waals surface area contributed by atoms with Gasteiger partial charge in [0.1, 0.15) is 0 Å². The molecule has 2 aromatic rings. The van der Waals surface area contributed by atoms with Crippen LogP contribution in [-0.4, -0.2) is 22.8 Å². The monoisotopic (exact) mass is 321 g/mol. The Morgan fingerprint density at radius 3 is 2.12 bits per heavy atom. The molecule has 1 fully saturated rings. The van der Waals surface area contributed by atoms with Crippen molar-refractivity contribution < 1.29 is 19.2 Å². The van der Waals surface area contributed by atoms with Crippen molar-refractivity contribution in [2.24, 2.45) is 5.41 Å². The third-order valence-electron chi connectivity index (χ3n) is 4.84. The normalized spacial score (nSPS) is 24.7. The van der Waals surface area contributed by atoms with Crippen molar-refractivity contribution in [1.82, 2.24) is 5.06 Å². The number of imide groups is 1. The Balaban J connectivity index is 1.52. The number of nitrogens with zero attached hydrogens (tertiary/aromatic N) is 1. The first-order valence-electron chi connectivity index (χ1n) is 7.77. The van der Waals surface area contributed by atoms with E-state index in [2.05, 4.69) is 0 Å². The van der Waals surface area contributed by atoms with Crippen molar-refractivity contribution >= 4 is 17.8 Å². The largest absolute Gasteiger partial charge is 0.339 e. The summed E-state index contributed by atoms with van der Waals surface area (Å²) >= 11 is 0. The number of carbonyl (C=O) groups is 3. The van der Waals surface area contributed by atoms with Gasteiger partial charge in [0.05, 0.1) is 16.5 Å². The Labute approximate surface area is 138 Å². The highest BCUT2D eigenvalue weighted by molar-refractivity contribution is 6.21. The van der Waals surface area contributed by atoms with E-state index in [-0.39, 0.29) is 17.0 Å². The lowest BCUT2D eigenvalue weighted by Crippen LogP contribution is -2.35. The fourth-order valence-corrected chi connectivity index (χ4v) is 3.20. The fraction of sp³-hybridized carbons (Fsp3) is 0.211. The first-order chi connectivity index (χ1) is 11.5. The summed E-state index contributed by atoms with van der Waals surface area (Å²) in [6, 6.07) is 16.1. The molecule has 2 amide bonds. The molecule has 0 aromatic heterocycles. The summed E-state index contributed by atoms with van der Waals surface area (Å²) in [6.07, 6.45) is 0.638. The molecule has 2 aliphatic rings. The van der Waals surface area contributed by atoms with Gasteiger partial charge in [-0.3, -0.25) is 9.59 Å². The molecule has 0 bridgehead atoms. The standard InChI is InChI=1S/C19H15NO4/c1-19(11-15(19)12-7-3-2-4-8-12)18(23)24-20-16(21)13-9-5-6-10-14(13)17(20)22/h2-10,15H,11H2,1H3/t15-,19+/m1/s1. The highest BCUT2D eigenvalue weighted by Crippen LogP contribution is 2.59. The predicted octanol–water partition coefficient (Wildman–Crippen LogP) is 2.93. The Hall–Kier alpha value is -2.95. The van der Waals surface area contributed by atoms with E-state index in [1.54, 1.807) is 31.2 Å². The van der Waals surface area contributed by atoms with Crippen LogP contribution in [0, 0.1) is 5.41 Å². The molecule has 120 valence electrons. The molecular weight excluding hydrogens is 306 g/mol. The Morgan fingerprint density at radius 2 is 1.54 bits per heavy atom. The molecule has 1 saturated carbocycles. The molecule has 0 spiro atoms. The number of carbonyl (C=O) groups excluding carboxylic acids is 3. The van der Waals surface area contributed by atoms with E-state index in [0.717, 1.165) is 5.56 Å². The first kappa shape index (κ1) is 14.6. The number of benzene rings is 2. The molecule has 0 radical (unpaired) electrons. The van der Waals surface area contributed by atoms with Crippen LogP contribution in [0.1, 0.15) is 45.5 Å². The first-order valence-corrected chi connectivity index (χ1v) is 7.77. The molecule has 0 saturated heterocycles. The second-order valence-electron chi connectivity index (χ2n) is 6.41. The van der Waals surface area contributed by atoms with Crippen LogP contribution in [0.15, 0.2) is 54.6 Å². The van der Waals surface area contributed by atoms with Gasteiger partial charge in [-0.05, 0) is 31.0 Å². The molecular formula is C19H15NO4. The minimum atomic E-state index is -0.712. The van der Waals surface area contributed by atoms with E-state index in [1.807, 2.05) is 30.3 Å². The summed E-state index contributed by atoms with van der Waals surface area (Å²) in [6.45, 7) is 1.80. The van der Waals surface area contributed by atoms with Gasteiger partial charge < -0.3 is 4.84 Å². The van der Waals surface area contributed by atoms with Crippen molar-refractivity contribution in [3.63, 3.8) is 0 Å². The average Bonchev–Trinajstić information content (AvgIpc) is 3.26. The fourth-order valence-electron chi connectivity index (χ4n) is 3.20. The van der Waals surface area contributed by atoms with E-state index >= 15 is 0 Å². The van der Waals surface area contributed by atoms with Gasteiger partial charge in [-0.2, -0.15) is 0 Å². The van der Waals surface area contributed by atoms with Crippen molar-refractivity contribution in [3.8, 4) is 0 Å². The summed E-state index contributed by atoms with van der Waals surface area (Å²) in [5.74, 6) is -1.69. The zero-order valence-corrected chi connectivity index (χ0v) is 13.1. The maximum absolute atomic E-state index is 12.5. The predicted molar refractivity (Wildman–Crippen MR) is 84.9 cm³/mol. The summed E-state index contributed by atoms with van der Waals surface area (Å²) in [5.41, 5.74) is 0.863. The van der Waals surface area contributed by atoms with Crippen LogP contribution in [0.2, 0.25) is 0 Å². The van der Waals surface area contributed by atoms with E-state index in [4.69, 9.17) is 4.84 Å². The lowest BCUT2D eigenvalue weighted by atomic mass is 10.0. The van der Waals surface area contributed by atoms with Gasteiger partial charge in [0, 0.05) is 5.92 Å². The van der Waals surface area contributed by atoms with Gasteiger partial charge >= 0.3 is 5.97 Å². The molecule has 0 unspecified atom stereocenters. The van der Waals surface area contributed by atoms with Gasteiger partial charge in [0.15, 0.2) is 0 Å². The number of hydrogen-bond donors (Lipinski definition) is 0. The Kier molecular flexibility index (Phi) is 3.06. The number of hydrogen-bond acceptors (Lipinski definition) is 4. The molecule has 5 nitrogen and oxygen atoms in total. The zero-order valence-electron chi connectivity index (χ0n) is 13.1. The SMILES string of the molecule is C[C@]1(C(=O)ON2C(=O)c3ccccc3C2=O)C[C@@H]1c1ccccc1. The quantitative estimate of drug-likeness (QED) is 0.815. The summed E-state index contributed by atoms with van der Waals surface area (Å²) < 4.78 is 0. The van der Waals surface area contributed by atoms with Crippen LogP contribution >= 0.6 is 0 Å². The van der Waals surface area contributed by atoms with E-state index in [1.165, 1.54) is 0 Å². The van der Waals surface area contributed by atoms with Crippen LogP contribution in [0.3, 0.4) is 0 Å². The zero-order chi connectivity index (χ0) is 16.9. The summed E-state index contributed by atoms with van der Waals surface area (Å²) in [7, 11) is 0. The molecule has 5 heteroatoms. The van der Waals surface area contributed by atoms with Crippen LogP contribution in [0.5, 0.6) is 0 Å². The van der Waals surface area contributed by atoms with Crippen molar-refractivity contribution in [2.75, 3.05) is 0 Å². The smallest absolute Gasteiger partial charge is 0.329 e. The molecule has 1 aliphatic carbocycles. The molecule has 1 heterocycles. The lowest BCUT2D eigenvalue weighted by Gasteiger charge is -2.16. The van der Waals surface area contributed by atoms with E-state index in [9.17, 15) is 14.4 Å². The third-order valence-corrected chi connectivity index (χ3v) is 4.84. The molecule has 24 heavy (non-hydrogen) atoms. The highest BCUT2D eigenvalue weighted by atomic mass is 16.7. The summed E-state index contributed by atoms with van der Waals surface area (Å²) in [5, 5.41) is 0.582. The molecule has 2 aromatic carbocycles. The Bertz CT molecular complexity index is 826. The molecule has 2 atom stereocenters. The maximum atomic E-state index is 12.5. The van der Waals surface area contributed by atoms with Gasteiger partial charge in [-0.25, -0.2) is 4.79 Å². The average molecular weight is 321 g/mol. The second kappa shape index (κ2) is 5.03.